The summed E-state index contributed by atoms with van der Waals surface area (Å²) in [7, 11) is 1.70. The zero-order chi connectivity index (χ0) is 33.7. The molecule has 3 rings (SSSR count). The van der Waals surface area contributed by atoms with E-state index >= 15 is 0 Å². The molecule has 7 nitrogen and oxygen atoms in total. The summed E-state index contributed by atoms with van der Waals surface area (Å²) in [5.41, 5.74) is 3.92. The van der Waals surface area contributed by atoms with Crippen molar-refractivity contribution in [2.45, 2.75) is 135 Å². The van der Waals surface area contributed by atoms with Crippen molar-refractivity contribution in [1.29, 1.82) is 0 Å². The summed E-state index contributed by atoms with van der Waals surface area (Å²) in [4.78, 5) is 0. The van der Waals surface area contributed by atoms with Crippen molar-refractivity contribution in [1.82, 2.24) is 0 Å². The molecule has 0 N–H and O–H groups in total. The largest absolute Gasteiger partial charge is 0.493 e. The Bertz CT molecular complexity index is 1060. The molecule has 2 aromatic carbocycles. The van der Waals surface area contributed by atoms with Crippen molar-refractivity contribution in [3.8, 4) is 5.75 Å². The van der Waals surface area contributed by atoms with Crippen molar-refractivity contribution in [2.24, 2.45) is 0 Å². The van der Waals surface area contributed by atoms with Crippen LogP contribution in [0.4, 0.5) is 0 Å². The van der Waals surface area contributed by atoms with Gasteiger partial charge in [-0.3, -0.25) is 0 Å². The van der Waals surface area contributed by atoms with E-state index in [-0.39, 0.29) is 18.3 Å². The molecule has 2 aromatic rings. The molecule has 1 aliphatic rings. The fraction of sp³-hybridized carbons (Fsp3) is 0.700. The maximum absolute atomic E-state index is 6.91. The Kier molecular flexibility index (Phi) is 19.0. The number of hydrogen-bond donors (Lipinski definition) is 0. The topological polar surface area (TPSA) is 64.6 Å². The highest BCUT2D eigenvalue weighted by Crippen LogP contribution is 2.39. The highest BCUT2D eigenvalue weighted by molar-refractivity contribution is 5.32. The van der Waals surface area contributed by atoms with Crippen molar-refractivity contribution in [2.75, 3.05) is 46.8 Å². The zero-order valence-electron chi connectivity index (χ0n) is 30.3. The predicted octanol–water partition coefficient (Wildman–Crippen LogP) is 8.72. The SMILES string of the molecule is CCCCOC[C@H]1O[C@](CCOc2ccc(Cc3ccc(CC)cc3)cc2)(OC)[C@H](OCCCC)[C@@H](OCCCC)[C@@H]1OCCCC. The second-order valence-electron chi connectivity index (χ2n) is 12.7. The first kappa shape index (κ1) is 39.4. The molecule has 1 heterocycles. The molecule has 0 saturated carbocycles. The molecular formula is C40H64O7. The third-order valence-corrected chi connectivity index (χ3v) is 8.94. The van der Waals surface area contributed by atoms with Crippen LogP contribution in [-0.2, 0) is 41.3 Å². The van der Waals surface area contributed by atoms with Crippen LogP contribution in [0.15, 0.2) is 48.5 Å². The Balaban J connectivity index is 1.79. The second kappa shape index (κ2) is 22.6. The molecular weight excluding hydrogens is 592 g/mol. The molecule has 0 radical (unpaired) electrons. The lowest BCUT2D eigenvalue weighted by atomic mass is 9.89. The number of unbranched alkanes of at least 4 members (excludes halogenated alkanes) is 4. The van der Waals surface area contributed by atoms with Crippen LogP contribution in [0.3, 0.4) is 0 Å². The van der Waals surface area contributed by atoms with Crippen molar-refractivity contribution in [3.05, 3.63) is 65.2 Å². The fourth-order valence-corrected chi connectivity index (χ4v) is 5.90. The Hall–Kier alpha value is -2.00. The van der Waals surface area contributed by atoms with Crippen molar-refractivity contribution in [3.63, 3.8) is 0 Å². The Morgan fingerprint density at radius 2 is 1.15 bits per heavy atom. The monoisotopic (exact) mass is 656 g/mol. The summed E-state index contributed by atoms with van der Waals surface area (Å²) in [6.07, 6.45) is 8.93. The quantitative estimate of drug-likeness (QED) is 0.0991. The highest BCUT2D eigenvalue weighted by atomic mass is 16.7. The summed E-state index contributed by atoms with van der Waals surface area (Å²) >= 11 is 0. The van der Waals surface area contributed by atoms with Gasteiger partial charge in [0.1, 0.15) is 30.2 Å². The lowest BCUT2D eigenvalue weighted by Gasteiger charge is -2.52. The van der Waals surface area contributed by atoms with Gasteiger partial charge in [-0.25, -0.2) is 0 Å². The van der Waals surface area contributed by atoms with Gasteiger partial charge in [0.2, 0.25) is 5.79 Å². The van der Waals surface area contributed by atoms with Crippen LogP contribution in [0.5, 0.6) is 5.75 Å². The summed E-state index contributed by atoms with van der Waals surface area (Å²) in [6, 6.07) is 17.2. The minimum atomic E-state index is -1.08. The van der Waals surface area contributed by atoms with Gasteiger partial charge in [-0.15, -0.1) is 0 Å². The normalized spacial score (nSPS) is 22.9. The zero-order valence-corrected chi connectivity index (χ0v) is 30.3. The molecule has 7 heteroatoms. The van der Waals surface area contributed by atoms with E-state index in [1.165, 1.54) is 16.7 Å². The number of ether oxygens (including phenoxy) is 7. The molecule has 266 valence electrons. The van der Waals surface area contributed by atoms with E-state index in [1.807, 2.05) is 12.1 Å². The Morgan fingerprint density at radius 1 is 0.617 bits per heavy atom. The lowest BCUT2D eigenvalue weighted by molar-refractivity contribution is -0.376. The van der Waals surface area contributed by atoms with Crippen LogP contribution in [0.2, 0.25) is 0 Å². The van der Waals surface area contributed by atoms with Gasteiger partial charge < -0.3 is 33.2 Å². The second-order valence-corrected chi connectivity index (χ2v) is 12.7. The van der Waals surface area contributed by atoms with Crippen molar-refractivity contribution < 1.29 is 33.2 Å². The van der Waals surface area contributed by atoms with Gasteiger partial charge in [-0.05, 0) is 67.3 Å². The van der Waals surface area contributed by atoms with E-state index in [1.54, 1.807) is 7.11 Å². The van der Waals surface area contributed by atoms with E-state index in [9.17, 15) is 0 Å². The molecule has 47 heavy (non-hydrogen) atoms. The predicted molar refractivity (Wildman–Crippen MR) is 189 cm³/mol. The van der Waals surface area contributed by atoms with Gasteiger partial charge in [0, 0.05) is 40.0 Å². The minimum Gasteiger partial charge on any atom is -0.493 e. The third kappa shape index (κ3) is 12.8. The van der Waals surface area contributed by atoms with Gasteiger partial charge in [-0.1, -0.05) is 96.7 Å². The lowest BCUT2D eigenvalue weighted by Crippen LogP contribution is -2.68. The van der Waals surface area contributed by atoms with Gasteiger partial charge in [0.25, 0.3) is 0 Å². The molecule has 0 unspecified atom stereocenters. The molecule has 0 amide bonds. The van der Waals surface area contributed by atoms with E-state index in [4.69, 9.17) is 33.2 Å². The average Bonchev–Trinajstić information content (AvgIpc) is 3.10. The average molecular weight is 657 g/mol. The van der Waals surface area contributed by atoms with Crippen LogP contribution >= 0.6 is 0 Å². The molecule has 1 fully saturated rings. The molecule has 0 aliphatic carbocycles. The van der Waals surface area contributed by atoms with Crippen LogP contribution < -0.4 is 4.74 Å². The molecule has 0 bridgehead atoms. The summed E-state index contributed by atoms with van der Waals surface area (Å²) in [5, 5.41) is 0. The first-order chi connectivity index (χ1) is 23.0. The molecule has 1 aliphatic heterocycles. The molecule has 0 spiro atoms. The number of aryl methyl sites for hydroxylation is 1. The van der Waals surface area contributed by atoms with Crippen molar-refractivity contribution >= 4 is 0 Å². The fourth-order valence-electron chi connectivity index (χ4n) is 5.90. The van der Waals surface area contributed by atoms with Gasteiger partial charge in [0.05, 0.1) is 13.2 Å². The summed E-state index contributed by atoms with van der Waals surface area (Å²) < 4.78 is 45.5. The number of benzene rings is 2. The third-order valence-electron chi connectivity index (χ3n) is 8.94. The minimum absolute atomic E-state index is 0.332. The van der Waals surface area contributed by atoms with E-state index in [2.05, 4.69) is 71.0 Å². The smallest absolute Gasteiger partial charge is 0.200 e. The van der Waals surface area contributed by atoms with Crippen LogP contribution in [0, 0.1) is 0 Å². The van der Waals surface area contributed by atoms with E-state index < -0.39 is 11.9 Å². The van der Waals surface area contributed by atoms with Crippen LogP contribution in [-0.4, -0.2) is 77.0 Å². The maximum Gasteiger partial charge on any atom is 0.200 e. The first-order valence-corrected chi connectivity index (χ1v) is 18.5. The van der Waals surface area contributed by atoms with Gasteiger partial charge >= 0.3 is 0 Å². The first-order valence-electron chi connectivity index (χ1n) is 18.5. The van der Waals surface area contributed by atoms with Crippen LogP contribution in [0.25, 0.3) is 0 Å². The van der Waals surface area contributed by atoms with Crippen LogP contribution in [0.1, 0.15) is 109 Å². The standard InChI is InChI=1S/C40H64O7/c1-7-12-25-42-31-36-37(44-26-13-8-2)38(45-27-14-9-3)39(46-28-15-10-4)40(41-6,47-36)24-29-43-35-22-20-34(21-23-35)30-33-18-16-32(11-5)17-19-33/h16-23,36-39H,7-15,24-31H2,1-6H3/t36-,37-,38+,39-,40+/m1/s1. The number of methoxy groups -OCH3 is 1. The van der Waals surface area contributed by atoms with Gasteiger partial charge in [-0.2, -0.15) is 0 Å². The maximum atomic E-state index is 6.91. The Morgan fingerprint density at radius 3 is 1.72 bits per heavy atom. The number of rotatable bonds is 25. The molecule has 1 saturated heterocycles. The molecule has 5 atom stereocenters. The summed E-state index contributed by atoms with van der Waals surface area (Å²) in [5.74, 6) is -0.268. The highest BCUT2D eigenvalue weighted by Gasteiger charge is 2.57. The molecule has 0 aromatic heterocycles. The van der Waals surface area contributed by atoms with E-state index in [0.29, 0.717) is 46.1 Å². The van der Waals surface area contributed by atoms with Gasteiger partial charge in [0.15, 0.2) is 0 Å². The van der Waals surface area contributed by atoms with E-state index in [0.717, 1.165) is 70.0 Å². The summed E-state index contributed by atoms with van der Waals surface area (Å²) in [6.45, 7) is 14.2. The number of hydrogen-bond acceptors (Lipinski definition) is 7. The Labute approximate surface area is 285 Å².